The van der Waals surface area contributed by atoms with E-state index in [1.807, 2.05) is 60.7 Å². The fourth-order valence-electron chi connectivity index (χ4n) is 4.65. The number of ketones is 1. The maximum atomic E-state index is 13.7. The molecule has 2 atom stereocenters. The molecule has 0 bridgehead atoms. The number of hydrogen-bond acceptors (Lipinski definition) is 7. The van der Waals surface area contributed by atoms with Crippen LogP contribution in [0.5, 0.6) is 0 Å². The van der Waals surface area contributed by atoms with Crippen LogP contribution in [0.15, 0.2) is 66.9 Å². The van der Waals surface area contributed by atoms with Gasteiger partial charge in [-0.3, -0.25) is 14.6 Å². The van der Waals surface area contributed by atoms with Crippen LogP contribution in [0.3, 0.4) is 0 Å². The minimum absolute atomic E-state index is 0.0976. The van der Waals surface area contributed by atoms with Crippen molar-refractivity contribution in [3.8, 4) is 0 Å². The maximum absolute atomic E-state index is 13.7. The van der Waals surface area contributed by atoms with Crippen LogP contribution in [0.25, 0.3) is 10.9 Å². The van der Waals surface area contributed by atoms with Gasteiger partial charge in [-0.25, -0.2) is 9.59 Å². The zero-order valence-electron chi connectivity index (χ0n) is 27.1. The van der Waals surface area contributed by atoms with E-state index in [2.05, 4.69) is 20.9 Å². The Kier molecular flexibility index (Phi) is 12.5. The van der Waals surface area contributed by atoms with E-state index in [0.717, 1.165) is 16.5 Å². The first-order chi connectivity index (χ1) is 21.2. The van der Waals surface area contributed by atoms with Crippen LogP contribution in [0.4, 0.5) is 15.3 Å². The Morgan fingerprint density at radius 1 is 0.822 bits per heavy atom. The smallest absolute Gasteiger partial charge is 0.408 e. The molecule has 10 heteroatoms. The molecule has 3 amide bonds. The molecule has 0 unspecified atom stereocenters. The summed E-state index contributed by atoms with van der Waals surface area (Å²) in [5.74, 6) is -1.28. The number of carbonyl (C=O) groups excluding carboxylic acids is 4. The Labute approximate surface area is 265 Å². The number of ether oxygens (including phenoxy) is 2. The summed E-state index contributed by atoms with van der Waals surface area (Å²) in [6, 6.07) is 18.3. The largest absolute Gasteiger partial charge is 0.444 e. The molecular weight excluding hydrogens is 572 g/mol. The summed E-state index contributed by atoms with van der Waals surface area (Å²) in [6.07, 6.45) is 1.83. The number of nitrogens with one attached hydrogen (secondary N) is 3. The number of pyridine rings is 1. The first-order valence-electron chi connectivity index (χ1n) is 15.4. The molecule has 0 saturated carbocycles. The van der Waals surface area contributed by atoms with Crippen LogP contribution in [-0.4, -0.2) is 52.6 Å². The molecule has 0 saturated heterocycles. The average molecular weight is 619 g/mol. The Bertz CT molecular complexity index is 1450. The second-order valence-electron chi connectivity index (χ2n) is 13.1. The molecule has 0 aliphatic rings. The predicted octanol–water partition coefficient (Wildman–Crippen LogP) is 6.58. The van der Waals surface area contributed by atoms with Crippen LogP contribution in [0, 0.1) is 5.92 Å². The third kappa shape index (κ3) is 13.0. The van der Waals surface area contributed by atoms with Gasteiger partial charge in [-0.05, 0) is 84.9 Å². The summed E-state index contributed by atoms with van der Waals surface area (Å²) in [6.45, 7) is 10.8. The number of carbonyl (C=O) groups is 4. The van der Waals surface area contributed by atoms with Crippen molar-refractivity contribution in [3.05, 3.63) is 72.4 Å². The quantitative estimate of drug-likeness (QED) is 0.184. The Hall–Kier alpha value is -4.47. The minimum Gasteiger partial charge on any atom is -0.444 e. The van der Waals surface area contributed by atoms with Gasteiger partial charge in [0.25, 0.3) is 0 Å². The van der Waals surface area contributed by atoms with Crippen molar-refractivity contribution in [1.82, 2.24) is 15.6 Å². The van der Waals surface area contributed by atoms with Gasteiger partial charge in [0.05, 0.1) is 23.4 Å². The third-order valence-corrected chi connectivity index (χ3v) is 6.72. The Balaban J connectivity index is 1.74. The van der Waals surface area contributed by atoms with Gasteiger partial charge >= 0.3 is 12.2 Å². The van der Waals surface area contributed by atoms with E-state index in [1.54, 1.807) is 47.7 Å². The van der Waals surface area contributed by atoms with E-state index in [4.69, 9.17) is 9.47 Å². The molecule has 10 nitrogen and oxygen atoms in total. The highest BCUT2D eigenvalue weighted by molar-refractivity contribution is 5.98. The number of benzene rings is 2. The zero-order valence-corrected chi connectivity index (χ0v) is 27.1. The van der Waals surface area contributed by atoms with Gasteiger partial charge < -0.3 is 25.4 Å². The van der Waals surface area contributed by atoms with Crippen molar-refractivity contribution in [2.24, 2.45) is 5.92 Å². The summed E-state index contributed by atoms with van der Waals surface area (Å²) in [4.78, 5) is 56.5. The van der Waals surface area contributed by atoms with Gasteiger partial charge in [-0.1, -0.05) is 48.5 Å². The summed E-state index contributed by atoms with van der Waals surface area (Å²) in [5.41, 5.74) is 0.990. The lowest BCUT2D eigenvalue weighted by atomic mass is 9.90. The highest BCUT2D eigenvalue weighted by atomic mass is 16.6. The van der Waals surface area contributed by atoms with Crippen molar-refractivity contribution in [2.75, 3.05) is 11.9 Å². The lowest BCUT2D eigenvalue weighted by Gasteiger charge is -2.25. The fraction of sp³-hybridized carbons (Fsp3) is 0.457. The van der Waals surface area contributed by atoms with E-state index >= 15 is 0 Å². The van der Waals surface area contributed by atoms with Crippen molar-refractivity contribution in [1.29, 1.82) is 0 Å². The molecule has 0 aliphatic heterocycles. The monoisotopic (exact) mass is 618 g/mol. The summed E-state index contributed by atoms with van der Waals surface area (Å²) in [5, 5.41) is 9.19. The molecule has 3 aromatic rings. The highest BCUT2D eigenvalue weighted by Gasteiger charge is 2.29. The van der Waals surface area contributed by atoms with Gasteiger partial charge in [0.15, 0.2) is 5.78 Å². The molecule has 0 fully saturated rings. The van der Waals surface area contributed by atoms with E-state index in [1.165, 1.54) is 0 Å². The van der Waals surface area contributed by atoms with Crippen LogP contribution in [0.1, 0.15) is 72.8 Å². The van der Waals surface area contributed by atoms with E-state index in [0.29, 0.717) is 24.9 Å². The molecule has 242 valence electrons. The summed E-state index contributed by atoms with van der Waals surface area (Å²) in [7, 11) is 0. The summed E-state index contributed by atoms with van der Waals surface area (Å²) >= 11 is 0. The molecule has 3 rings (SSSR count). The molecule has 1 heterocycles. The van der Waals surface area contributed by atoms with Crippen molar-refractivity contribution in [3.63, 3.8) is 0 Å². The number of nitrogens with zero attached hydrogens (tertiary/aromatic N) is 1. The molecular formula is C35H46N4O6. The van der Waals surface area contributed by atoms with Crippen LogP contribution >= 0.6 is 0 Å². The molecule has 0 radical (unpaired) electrons. The first-order valence-corrected chi connectivity index (χ1v) is 15.4. The molecule has 0 spiro atoms. The number of anilines is 1. The van der Waals surface area contributed by atoms with Gasteiger partial charge in [-0.15, -0.1) is 0 Å². The van der Waals surface area contributed by atoms with Crippen molar-refractivity contribution in [2.45, 2.75) is 90.9 Å². The fourth-order valence-corrected chi connectivity index (χ4v) is 4.65. The molecule has 3 N–H and O–H groups in total. The van der Waals surface area contributed by atoms with Crippen molar-refractivity contribution < 1.29 is 28.7 Å². The average Bonchev–Trinajstić information content (AvgIpc) is 2.95. The molecule has 2 aromatic carbocycles. The standard InChI is InChI=1S/C35H46N4O6/c1-34(2,3)44-32(42)36-20-12-17-29(39-33(43)45-35(4,5)6)30(40)22-26(19-18-24-13-8-7-9-14-24)31(41)38-27-21-25-15-10-11-16-28(25)37-23-27/h7-11,13-16,21,23,26,29H,12,17-20,22H2,1-6H3,(H,36,42)(H,38,41)(H,39,43)/t26-,29+/m0/s1. The number of hydrogen-bond donors (Lipinski definition) is 3. The second-order valence-corrected chi connectivity index (χ2v) is 13.1. The molecule has 0 aliphatic carbocycles. The predicted molar refractivity (Wildman–Crippen MR) is 175 cm³/mol. The van der Waals surface area contributed by atoms with Crippen LogP contribution in [0.2, 0.25) is 0 Å². The van der Waals surface area contributed by atoms with E-state index in [9.17, 15) is 19.2 Å². The third-order valence-electron chi connectivity index (χ3n) is 6.72. The van der Waals surface area contributed by atoms with Gasteiger partial charge in [0.2, 0.25) is 5.91 Å². The number of fused-ring (bicyclic) bond motifs is 1. The Morgan fingerprint density at radius 2 is 1.47 bits per heavy atom. The minimum atomic E-state index is -0.922. The number of amides is 3. The van der Waals surface area contributed by atoms with E-state index in [-0.39, 0.29) is 31.1 Å². The summed E-state index contributed by atoms with van der Waals surface area (Å²) < 4.78 is 10.7. The number of Topliss-reactive ketones (excluding diaryl/α,β-unsaturated/α-hetero) is 1. The number of rotatable bonds is 13. The van der Waals surface area contributed by atoms with Crippen LogP contribution in [-0.2, 0) is 25.5 Å². The topological polar surface area (TPSA) is 136 Å². The number of para-hydroxylation sites is 1. The van der Waals surface area contributed by atoms with E-state index < -0.39 is 35.3 Å². The SMILES string of the molecule is CC(C)(C)OC(=O)NCCC[C@@H](NC(=O)OC(C)(C)C)C(=O)C[C@H](CCc1ccccc1)C(=O)Nc1cnc2ccccc2c1. The lowest BCUT2D eigenvalue weighted by Crippen LogP contribution is -2.45. The lowest BCUT2D eigenvalue weighted by molar-refractivity contribution is -0.127. The molecule has 1 aromatic heterocycles. The highest BCUT2D eigenvalue weighted by Crippen LogP contribution is 2.21. The van der Waals surface area contributed by atoms with Crippen LogP contribution < -0.4 is 16.0 Å². The number of aryl methyl sites for hydroxylation is 1. The first kappa shape index (κ1) is 35.0. The second kappa shape index (κ2) is 16.0. The van der Waals surface area contributed by atoms with Gasteiger partial charge in [0.1, 0.15) is 11.2 Å². The Morgan fingerprint density at radius 3 is 2.16 bits per heavy atom. The number of alkyl carbamates (subject to hydrolysis) is 2. The number of aromatic nitrogens is 1. The van der Waals surface area contributed by atoms with Crippen molar-refractivity contribution >= 4 is 40.5 Å². The van der Waals surface area contributed by atoms with Gasteiger partial charge in [0, 0.05) is 24.3 Å². The zero-order chi connectivity index (χ0) is 33.0. The van der Waals surface area contributed by atoms with Gasteiger partial charge in [-0.2, -0.15) is 0 Å². The molecule has 45 heavy (non-hydrogen) atoms. The normalized spacial score (nSPS) is 12.9. The maximum Gasteiger partial charge on any atom is 0.408 e.